The van der Waals surface area contributed by atoms with Gasteiger partial charge in [0.15, 0.2) is 18.9 Å². The monoisotopic (exact) mass is 327 g/mol. The van der Waals surface area contributed by atoms with Gasteiger partial charge in [0.1, 0.15) is 13.2 Å². The largest absolute Gasteiger partial charge is 0.499 e. The lowest BCUT2D eigenvalue weighted by atomic mass is 10.2. The summed E-state index contributed by atoms with van der Waals surface area (Å²) in [5, 5.41) is 7.07. The van der Waals surface area contributed by atoms with E-state index in [9.17, 15) is 0 Å². The van der Waals surface area contributed by atoms with Crippen LogP contribution in [0.4, 0.5) is 0 Å². The van der Waals surface area contributed by atoms with E-state index in [0.29, 0.717) is 26.2 Å². The SMILES string of the molecule is C=CCC(/C=C\OCCOCC[n+]1ccc(CC=C)cc1)=C/C=N. The van der Waals surface area contributed by atoms with Gasteiger partial charge in [-0.1, -0.05) is 12.2 Å². The van der Waals surface area contributed by atoms with Crippen LogP contribution in [0.25, 0.3) is 0 Å². The molecule has 0 fully saturated rings. The predicted molar refractivity (Wildman–Crippen MR) is 98.1 cm³/mol. The molecule has 24 heavy (non-hydrogen) atoms. The summed E-state index contributed by atoms with van der Waals surface area (Å²) in [4.78, 5) is 0. The molecule has 1 aromatic heterocycles. The summed E-state index contributed by atoms with van der Waals surface area (Å²) in [6, 6.07) is 4.19. The number of rotatable bonds is 13. The van der Waals surface area contributed by atoms with E-state index in [-0.39, 0.29) is 0 Å². The molecule has 0 saturated carbocycles. The van der Waals surface area contributed by atoms with Gasteiger partial charge in [0.2, 0.25) is 0 Å². The number of pyridine rings is 1. The van der Waals surface area contributed by atoms with Crippen molar-refractivity contribution in [3.05, 3.63) is 79.4 Å². The first-order valence-corrected chi connectivity index (χ1v) is 8.05. The summed E-state index contributed by atoms with van der Waals surface area (Å²) in [7, 11) is 0. The van der Waals surface area contributed by atoms with Crippen LogP contribution < -0.4 is 4.57 Å². The van der Waals surface area contributed by atoms with Crippen LogP contribution in [0, 0.1) is 5.41 Å². The maximum atomic E-state index is 7.07. The fourth-order valence-corrected chi connectivity index (χ4v) is 1.99. The number of hydrogen-bond donors (Lipinski definition) is 1. The van der Waals surface area contributed by atoms with Crippen molar-refractivity contribution in [3.63, 3.8) is 0 Å². The second-order valence-corrected chi connectivity index (χ2v) is 5.12. The highest BCUT2D eigenvalue weighted by Gasteiger charge is 2.00. The number of hydrogen-bond acceptors (Lipinski definition) is 3. The third-order valence-electron chi connectivity index (χ3n) is 3.24. The van der Waals surface area contributed by atoms with Crippen LogP contribution in [0.3, 0.4) is 0 Å². The molecule has 128 valence electrons. The molecule has 0 aromatic carbocycles. The Morgan fingerprint density at radius 2 is 1.92 bits per heavy atom. The summed E-state index contributed by atoms with van der Waals surface area (Å²) >= 11 is 0. The van der Waals surface area contributed by atoms with E-state index in [2.05, 4.69) is 42.3 Å². The van der Waals surface area contributed by atoms with Gasteiger partial charge in [-0.3, -0.25) is 0 Å². The molecule has 1 heterocycles. The molecule has 0 radical (unpaired) electrons. The van der Waals surface area contributed by atoms with Crippen LogP contribution in [0.15, 0.2) is 73.8 Å². The van der Waals surface area contributed by atoms with Crippen molar-refractivity contribution in [2.45, 2.75) is 19.4 Å². The van der Waals surface area contributed by atoms with Crippen molar-refractivity contribution < 1.29 is 14.0 Å². The molecule has 0 aliphatic carbocycles. The van der Waals surface area contributed by atoms with Gasteiger partial charge in [0.25, 0.3) is 0 Å². The number of allylic oxidation sites excluding steroid dienone is 5. The lowest BCUT2D eigenvalue weighted by Gasteiger charge is -2.03. The lowest BCUT2D eigenvalue weighted by molar-refractivity contribution is -0.698. The van der Waals surface area contributed by atoms with Crippen molar-refractivity contribution >= 4 is 6.21 Å². The van der Waals surface area contributed by atoms with Crippen LogP contribution >= 0.6 is 0 Å². The molecule has 0 spiro atoms. The summed E-state index contributed by atoms with van der Waals surface area (Å²) in [6.07, 6.45) is 15.9. The van der Waals surface area contributed by atoms with E-state index in [4.69, 9.17) is 14.9 Å². The summed E-state index contributed by atoms with van der Waals surface area (Å²) < 4.78 is 13.0. The molecule has 4 nitrogen and oxygen atoms in total. The maximum absolute atomic E-state index is 7.07. The standard InChI is InChI=1S/C20H27N2O2/c1-3-5-19(7-11-21)10-15-23-17-18-24-16-14-22-12-8-20(6-4-2)9-13-22/h3-4,7-13,15,21H,1-2,5-6,14,16-18H2/q+1/b15-10-,19-7-,21-11?. The molecular formula is C20H27N2O2+. The first kappa shape index (κ1) is 19.6. The first-order chi connectivity index (χ1) is 11.8. The van der Waals surface area contributed by atoms with Crippen molar-refractivity contribution in [3.8, 4) is 0 Å². The Morgan fingerprint density at radius 1 is 1.12 bits per heavy atom. The van der Waals surface area contributed by atoms with Gasteiger partial charge in [0.05, 0.1) is 12.9 Å². The number of aromatic nitrogens is 1. The Bertz CT molecular complexity index is 560. The lowest BCUT2D eigenvalue weighted by Crippen LogP contribution is -2.35. The molecule has 0 aliphatic heterocycles. The average Bonchev–Trinajstić information content (AvgIpc) is 2.59. The molecular weight excluding hydrogens is 300 g/mol. The van der Waals surface area contributed by atoms with Gasteiger partial charge in [-0.2, -0.15) is 0 Å². The fourth-order valence-electron chi connectivity index (χ4n) is 1.99. The molecule has 0 unspecified atom stereocenters. The molecule has 1 aromatic rings. The average molecular weight is 327 g/mol. The van der Waals surface area contributed by atoms with Crippen molar-refractivity contribution in [1.29, 1.82) is 5.41 Å². The maximum Gasteiger partial charge on any atom is 0.171 e. The quantitative estimate of drug-likeness (QED) is 0.151. The molecule has 0 bridgehead atoms. The Balaban J connectivity index is 2.13. The zero-order valence-electron chi connectivity index (χ0n) is 14.2. The van der Waals surface area contributed by atoms with Gasteiger partial charge in [-0.25, -0.2) is 4.57 Å². The van der Waals surface area contributed by atoms with Gasteiger partial charge < -0.3 is 14.9 Å². The molecule has 0 amide bonds. The minimum atomic E-state index is 0.505. The molecule has 4 heteroatoms. The number of nitrogens with zero attached hydrogens (tertiary/aromatic N) is 1. The van der Waals surface area contributed by atoms with Crippen LogP contribution in [-0.2, 0) is 22.4 Å². The highest BCUT2D eigenvalue weighted by atomic mass is 16.5. The van der Waals surface area contributed by atoms with Gasteiger partial charge in [0, 0.05) is 18.3 Å². The van der Waals surface area contributed by atoms with Crippen molar-refractivity contribution in [2.24, 2.45) is 0 Å². The Kier molecular flexibility index (Phi) is 10.6. The van der Waals surface area contributed by atoms with E-state index in [1.165, 1.54) is 11.8 Å². The van der Waals surface area contributed by atoms with E-state index >= 15 is 0 Å². The second kappa shape index (κ2) is 13.0. The van der Waals surface area contributed by atoms with E-state index in [0.717, 1.165) is 18.5 Å². The Hall–Kier alpha value is -2.46. The highest BCUT2D eigenvalue weighted by molar-refractivity contribution is 5.69. The number of ether oxygens (including phenoxy) is 2. The topological polar surface area (TPSA) is 46.2 Å². The number of nitrogens with one attached hydrogen (secondary N) is 1. The van der Waals surface area contributed by atoms with Gasteiger partial charge in [-0.15, -0.1) is 13.2 Å². The van der Waals surface area contributed by atoms with E-state index < -0.39 is 0 Å². The summed E-state index contributed by atoms with van der Waals surface area (Å²) in [6.45, 7) is 9.93. The van der Waals surface area contributed by atoms with Crippen LogP contribution in [0.2, 0.25) is 0 Å². The van der Waals surface area contributed by atoms with Crippen LogP contribution in [-0.4, -0.2) is 26.0 Å². The molecule has 0 saturated heterocycles. The molecule has 1 rings (SSSR count). The predicted octanol–water partition coefficient (Wildman–Crippen LogP) is 3.40. The van der Waals surface area contributed by atoms with Crippen molar-refractivity contribution in [1.82, 2.24) is 0 Å². The zero-order valence-corrected chi connectivity index (χ0v) is 14.2. The molecule has 1 N–H and O–H groups in total. The minimum absolute atomic E-state index is 0.505. The Labute approximate surface area is 144 Å². The third-order valence-corrected chi connectivity index (χ3v) is 3.24. The second-order valence-electron chi connectivity index (χ2n) is 5.12. The van der Waals surface area contributed by atoms with Gasteiger partial charge >= 0.3 is 0 Å². The highest BCUT2D eigenvalue weighted by Crippen LogP contribution is 2.03. The Morgan fingerprint density at radius 3 is 2.58 bits per heavy atom. The minimum Gasteiger partial charge on any atom is -0.499 e. The molecule has 0 aliphatic rings. The van der Waals surface area contributed by atoms with Crippen molar-refractivity contribution in [2.75, 3.05) is 19.8 Å². The third kappa shape index (κ3) is 8.86. The fraction of sp³-hybridized carbons (Fsp3) is 0.300. The first-order valence-electron chi connectivity index (χ1n) is 8.05. The van der Waals surface area contributed by atoms with E-state index in [1.807, 2.05) is 12.2 Å². The van der Waals surface area contributed by atoms with Crippen LogP contribution in [0.5, 0.6) is 0 Å². The smallest absolute Gasteiger partial charge is 0.171 e. The van der Waals surface area contributed by atoms with Crippen LogP contribution in [0.1, 0.15) is 12.0 Å². The molecule has 0 atom stereocenters. The normalized spacial score (nSPS) is 11.4. The van der Waals surface area contributed by atoms with E-state index in [1.54, 1.807) is 18.4 Å². The van der Waals surface area contributed by atoms with Gasteiger partial charge in [-0.05, 0) is 36.1 Å². The zero-order chi connectivity index (χ0) is 17.5. The summed E-state index contributed by atoms with van der Waals surface area (Å²) in [5.41, 5.74) is 2.24. The summed E-state index contributed by atoms with van der Waals surface area (Å²) in [5.74, 6) is 0.